The average Bonchev–Trinajstić information content (AvgIpc) is 1.85. The minimum atomic E-state index is 1.00. The van der Waals surface area contributed by atoms with Gasteiger partial charge < -0.3 is 4.98 Å². The molecule has 42 valence electrons. The molecule has 0 aromatic carbocycles. The summed E-state index contributed by atoms with van der Waals surface area (Å²) in [5.74, 6) is 0. The van der Waals surface area contributed by atoms with Gasteiger partial charge in [-0.05, 0) is 13.8 Å². The van der Waals surface area contributed by atoms with Crippen molar-refractivity contribution in [3.05, 3.63) is 11.4 Å². The summed E-state index contributed by atoms with van der Waals surface area (Å²) in [4.78, 5) is 7.25. The molecule has 1 N–H and O–H groups in total. The van der Waals surface area contributed by atoms with Crippen LogP contribution in [0.15, 0.2) is 0 Å². The maximum atomic E-state index is 4.16. The first-order valence-corrected chi connectivity index (χ1v) is 2.70. The largest absolute Gasteiger partial charge is 0.355 e. The first-order valence-electron chi connectivity index (χ1n) is 2.70. The fraction of sp³-hybridized carbons (Fsp3) is 0.400. The third kappa shape index (κ3) is 0.758. The quantitative estimate of drug-likeness (QED) is 0.436. The SMILES string of the molecule is Bc1nc(C)c(C)[nH]1. The highest BCUT2D eigenvalue weighted by Gasteiger charge is 1.93. The monoisotopic (exact) mass is 108 g/mol. The molecule has 0 fully saturated rings. The van der Waals surface area contributed by atoms with Gasteiger partial charge in [0, 0.05) is 5.69 Å². The Labute approximate surface area is 49.7 Å². The molecule has 0 saturated carbocycles. The van der Waals surface area contributed by atoms with Crippen molar-refractivity contribution in [3.63, 3.8) is 0 Å². The Bertz CT molecular complexity index is 173. The summed E-state index contributed by atoms with van der Waals surface area (Å²) < 4.78 is 0. The highest BCUT2D eigenvalue weighted by atomic mass is 14.9. The molecule has 1 heterocycles. The number of aryl methyl sites for hydroxylation is 2. The Morgan fingerprint density at radius 2 is 2.12 bits per heavy atom. The van der Waals surface area contributed by atoms with E-state index in [-0.39, 0.29) is 0 Å². The molecule has 0 unspecified atom stereocenters. The Kier molecular flexibility index (Phi) is 1.12. The van der Waals surface area contributed by atoms with Gasteiger partial charge in [-0.3, -0.25) is 4.98 Å². The van der Waals surface area contributed by atoms with Crippen molar-refractivity contribution >= 4 is 13.6 Å². The van der Waals surface area contributed by atoms with E-state index in [1.54, 1.807) is 0 Å². The lowest BCUT2D eigenvalue weighted by Gasteiger charge is -1.79. The second-order valence-corrected chi connectivity index (χ2v) is 2.03. The zero-order valence-electron chi connectivity index (χ0n) is 5.45. The molecular weight excluding hydrogens is 98.9 g/mol. The second kappa shape index (κ2) is 1.65. The lowest BCUT2D eigenvalue weighted by Crippen LogP contribution is -2.05. The molecule has 0 aliphatic rings. The molecule has 0 aliphatic carbocycles. The van der Waals surface area contributed by atoms with Gasteiger partial charge in [0.05, 0.1) is 11.4 Å². The summed E-state index contributed by atoms with van der Waals surface area (Å²) in [7, 11) is 1.96. The molecule has 2 nitrogen and oxygen atoms in total. The normalized spacial score (nSPS) is 9.75. The summed E-state index contributed by atoms with van der Waals surface area (Å²) in [6, 6.07) is 0. The summed E-state index contributed by atoms with van der Waals surface area (Å²) in [6.07, 6.45) is 0. The third-order valence-electron chi connectivity index (χ3n) is 1.25. The van der Waals surface area contributed by atoms with E-state index >= 15 is 0 Å². The van der Waals surface area contributed by atoms with E-state index in [1.807, 2.05) is 21.7 Å². The number of nitrogens with one attached hydrogen (secondary N) is 1. The van der Waals surface area contributed by atoms with E-state index in [2.05, 4.69) is 9.97 Å². The van der Waals surface area contributed by atoms with Gasteiger partial charge in [-0.25, -0.2) is 0 Å². The number of hydrogen-bond donors (Lipinski definition) is 1. The van der Waals surface area contributed by atoms with Gasteiger partial charge in [0.15, 0.2) is 7.85 Å². The molecule has 0 bridgehead atoms. The molecule has 8 heavy (non-hydrogen) atoms. The van der Waals surface area contributed by atoms with Gasteiger partial charge in [-0.15, -0.1) is 0 Å². The van der Waals surface area contributed by atoms with E-state index < -0.39 is 0 Å². The van der Waals surface area contributed by atoms with Crippen LogP contribution in [-0.4, -0.2) is 17.8 Å². The molecule has 0 radical (unpaired) electrons. The van der Waals surface area contributed by atoms with Crippen LogP contribution in [0.3, 0.4) is 0 Å². The Hall–Kier alpha value is -0.725. The van der Waals surface area contributed by atoms with Gasteiger partial charge >= 0.3 is 0 Å². The summed E-state index contributed by atoms with van der Waals surface area (Å²) in [6.45, 7) is 4.02. The van der Waals surface area contributed by atoms with Crippen molar-refractivity contribution in [2.24, 2.45) is 0 Å². The van der Waals surface area contributed by atoms with Crippen molar-refractivity contribution < 1.29 is 0 Å². The number of rotatable bonds is 0. The molecule has 1 aromatic rings. The third-order valence-corrected chi connectivity index (χ3v) is 1.25. The lowest BCUT2D eigenvalue weighted by atomic mass is 10.1. The number of H-pyrrole nitrogens is 1. The lowest BCUT2D eigenvalue weighted by molar-refractivity contribution is 1.22. The first-order chi connectivity index (χ1) is 3.70. The number of aromatic nitrogens is 2. The first kappa shape index (κ1) is 5.41. The Balaban J connectivity index is 3.14. The standard InChI is InChI=1S/C5H9BN2/c1-3-4(2)8-5(6)7-3/h6H2,1-2H3,(H,7,8). The summed E-state index contributed by atoms with van der Waals surface area (Å²) in [5, 5.41) is 0. The van der Waals surface area contributed by atoms with Crippen LogP contribution in [0.2, 0.25) is 0 Å². The highest BCUT2D eigenvalue weighted by molar-refractivity contribution is 6.29. The van der Waals surface area contributed by atoms with E-state index in [4.69, 9.17) is 0 Å². The van der Waals surface area contributed by atoms with E-state index in [1.165, 1.54) is 5.69 Å². The smallest absolute Gasteiger partial charge is 0.186 e. The maximum absolute atomic E-state index is 4.16. The Morgan fingerprint density at radius 1 is 1.50 bits per heavy atom. The molecule has 0 atom stereocenters. The van der Waals surface area contributed by atoms with Crippen LogP contribution in [0, 0.1) is 13.8 Å². The Morgan fingerprint density at radius 3 is 2.25 bits per heavy atom. The number of imidazole rings is 1. The van der Waals surface area contributed by atoms with Crippen molar-refractivity contribution in [3.8, 4) is 0 Å². The predicted octanol–water partition coefficient (Wildman–Crippen LogP) is -0.715. The average molecular weight is 108 g/mol. The van der Waals surface area contributed by atoms with Crippen LogP contribution >= 0.6 is 0 Å². The van der Waals surface area contributed by atoms with Crippen LogP contribution in [0.25, 0.3) is 0 Å². The number of nitrogens with zero attached hydrogens (tertiary/aromatic N) is 1. The zero-order chi connectivity index (χ0) is 6.15. The topological polar surface area (TPSA) is 28.7 Å². The van der Waals surface area contributed by atoms with E-state index in [9.17, 15) is 0 Å². The number of hydrogen-bond acceptors (Lipinski definition) is 1. The van der Waals surface area contributed by atoms with Crippen molar-refractivity contribution in [2.45, 2.75) is 13.8 Å². The van der Waals surface area contributed by atoms with Crippen LogP contribution in [0.4, 0.5) is 0 Å². The van der Waals surface area contributed by atoms with Crippen LogP contribution < -0.4 is 5.72 Å². The fourth-order valence-corrected chi connectivity index (χ4v) is 0.725. The van der Waals surface area contributed by atoms with Crippen LogP contribution in [0.1, 0.15) is 11.4 Å². The molecule has 0 saturated heterocycles. The molecule has 0 spiro atoms. The molecule has 0 amide bonds. The van der Waals surface area contributed by atoms with Gasteiger partial charge in [0.2, 0.25) is 0 Å². The zero-order valence-corrected chi connectivity index (χ0v) is 5.45. The minimum Gasteiger partial charge on any atom is -0.355 e. The van der Waals surface area contributed by atoms with Crippen molar-refractivity contribution in [1.29, 1.82) is 0 Å². The molecule has 1 aromatic heterocycles. The second-order valence-electron chi connectivity index (χ2n) is 2.03. The van der Waals surface area contributed by atoms with Crippen LogP contribution in [0.5, 0.6) is 0 Å². The molecular formula is C5H9BN2. The predicted molar refractivity (Wildman–Crippen MR) is 36.2 cm³/mol. The molecule has 3 heteroatoms. The van der Waals surface area contributed by atoms with Gasteiger partial charge in [0.1, 0.15) is 0 Å². The van der Waals surface area contributed by atoms with E-state index in [0.717, 1.165) is 11.4 Å². The van der Waals surface area contributed by atoms with Crippen LogP contribution in [-0.2, 0) is 0 Å². The summed E-state index contributed by atoms with van der Waals surface area (Å²) in [5.41, 5.74) is 3.27. The molecule has 1 rings (SSSR count). The maximum Gasteiger partial charge on any atom is 0.186 e. The van der Waals surface area contributed by atoms with Crippen molar-refractivity contribution in [2.75, 3.05) is 0 Å². The fourth-order valence-electron chi connectivity index (χ4n) is 0.725. The number of aromatic amines is 1. The molecule has 0 aliphatic heterocycles. The minimum absolute atomic E-state index is 1.00. The van der Waals surface area contributed by atoms with Gasteiger partial charge in [-0.2, -0.15) is 0 Å². The van der Waals surface area contributed by atoms with Crippen molar-refractivity contribution in [1.82, 2.24) is 9.97 Å². The van der Waals surface area contributed by atoms with E-state index in [0.29, 0.717) is 0 Å². The van der Waals surface area contributed by atoms with Gasteiger partial charge in [0.25, 0.3) is 0 Å². The highest BCUT2D eigenvalue weighted by Crippen LogP contribution is 1.92. The van der Waals surface area contributed by atoms with Gasteiger partial charge in [-0.1, -0.05) is 0 Å². The summed E-state index contributed by atoms with van der Waals surface area (Å²) >= 11 is 0.